The van der Waals surface area contributed by atoms with Gasteiger partial charge in [0.15, 0.2) is 5.96 Å². The number of sulfonamides is 1. The van der Waals surface area contributed by atoms with E-state index in [1.54, 1.807) is 4.31 Å². The van der Waals surface area contributed by atoms with E-state index in [1.165, 1.54) is 17.4 Å². The summed E-state index contributed by atoms with van der Waals surface area (Å²) in [4.78, 5) is 7.05. The molecule has 2 aliphatic heterocycles. The normalized spacial score (nSPS) is 22.1. The molecule has 6 nitrogen and oxygen atoms in total. The number of benzene rings is 1. The highest BCUT2D eigenvalue weighted by atomic mass is 32.2. The van der Waals surface area contributed by atoms with Gasteiger partial charge in [-0.05, 0) is 37.3 Å². The molecule has 1 fully saturated rings. The van der Waals surface area contributed by atoms with Crippen molar-refractivity contribution in [2.24, 2.45) is 4.99 Å². The van der Waals surface area contributed by atoms with Gasteiger partial charge in [0.2, 0.25) is 10.0 Å². The van der Waals surface area contributed by atoms with E-state index in [-0.39, 0.29) is 6.04 Å². The van der Waals surface area contributed by atoms with Gasteiger partial charge in [0.05, 0.1) is 12.8 Å². The van der Waals surface area contributed by atoms with Crippen molar-refractivity contribution in [1.82, 2.24) is 14.5 Å². The van der Waals surface area contributed by atoms with Gasteiger partial charge < -0.3 is 10.2 Å². The lowest BCUT2D eigenvalue weighted by atomic mass is 10.0. The van der Waals surface area contributed by atoms with Crippen LogP contribution >= 0.6 is 0 Å². The third kappa shape index (κ3) is 4.33. The van der Waals surface area contributed by atoms with Crippen LogP contribution in [0.15, 0.2) is 29.3 Å². The van der Waals surface area contributed by atoms with Crippen molar-refractivity contribution in [3.8, 4) is 0 Å². The van der Waals surface area contributed by atoms with Gasteiger partial charge in [-0.1, -0.05) is 24.3 Å². The average Bonchev–Trinajstić information content (AvgIpc) is 3.07. The first-order valence-electron chi connectivity index (χ1n) is 9.06. The summed E-state index contributed by atoms with van der Waals surface area (Å²) in [6.45, 7) is 5.79. The average molecular weight is 365 g/mol. The van der Waals surface area contributed by atoms with Gasteiger partial charge in [-0.2, -0.15) is 4.31 Å². The molecule has 2 aliphatic rings. The number of hydrogen-bond donors (Lipinski definition) is 1. The molecule has 3 rings (SSSR count). The molecular weight excluding hydrogens is 336 g/mol. The van der Waals surface area contributed by atoms with Crippen LogP contribution in [0, 0.1) is 0 Å². The van der Waals surface area contributed by atoms with Gasteiger partial charge in [0.25, 0.3) is 0 Å². The Balaban J connectivity index is 1.72. The molecule has 0 amide bonds. The zero-order valence-corrected chi connectivity index (χ0v) is 15.9. The van der Waals surface area contributed by atoms with Crippen molar-refractivity contribution >= 4 is 16.0 Å². The van der Waals surface area contributed by atoms with Crippen LogP contribution < -0.4 is 5.32 Å². The number of fused-ring (bicyclic) bond motifs is 1. The second-order valence-corrected chi connectivity index (χ2v) is 8.74. The molecule has 1 atom stereocenters. The Kier molecular flexibility index (Phi) is 5.64. The Hall–Kier alpha value is -1.60. The number of guanidine groups is 1. The smallest absolute Gasteiger partial charge is 0.211 e. The minimum atomic E-state index is -3.15. The summed E-state index contributed by atoms with van der Waals surface area (Å²) in [6.07, 6.45) is 4.11. The molecule has 138 valence electrons. The fraction of sp³-hybridized carbons (Fsp3) is 0.611. The van der Waals surface area contributed by atoms with Crippen molar-refractivity contribution in [2.75, 3.05) is 32.4 Å². The molecule has 1 saturated heterocycles. The lowest BCUT2D eigenvalue weighted by Gasteiger charge is -2.32. The van der Waals surface area contributed by atoms with Crippen molar-refractivity contribution < 1.29 is 8.42 Å². The third-order valence-corrected chi connectivity index (χ3v) is 6.30. The van der Waals surface area contributed by atoms with Crippen LogP contribution in [-0.2, 0) is 23.0 Å². The molecule has 0 unspecified atom stereocenters. The van der Waals surface area contributed by atoms with Gasteiger partial charge in [0.1, 0.15) is 0 Å². The van der Waals surface area contributed by atoms with E-state index in [4.69, 9.17) is 4.99 Å². The summed E-state index contributed by atoms with van der Waals surface area (Å²) in [5.41, 5.74) is 2.76. The molecule has 0 saturated carbocycles. The Morgan fingerprint density at radius 3 is 2.76 bits per heavy atom. The molecular formula is C18H28N4O2S. The Bertz CT molecular complexity index is 732. The van der Waals surface area contributed by atoms with E-state index in [1.807, 2.05) is 0 Å². The standard InChI is InChI=1S/C18H28N4O2S/c1-3-19-18(20-13-17-9-6-11-22(17)25(2,23)24)21-12-10-15-7-4-5-8-16(15)14-21/h4-5,7-8,17H,3,6,9-14H2,1-2H3,(H,19,20)/t17-/m1/s1. The number of nitrogens with one attached hydrogen (secondary N) is 1. The maximum atomic E-state index is 11.9. The van der Waals surface area contributed by atoms with Crippen LogP contribution in [-0.4, -0.2) is 62.1 Å². The lowest BCUT2D eigenvalue weighted by Crippen LogP contribution is -2.45. The molecule has 1 aromatic rings. The molecule has 0 bridgehead atoms. The number of rotatable bonds is 4. The molecule has 1 aromatic carbocycles. The topological polar surface area (TPSA) is 65.0 Å². The van der Waals surface area contributed by atoms with Crippen LogP contribution in [0.3, 0.4) is 0 Å². The maximum absolute atomic E-state index is 11.9. The van der Waals surface area contributed by atoms with E-state index >= 15 is 0 Å². The molecule has 0 radical (unpaired) electrons. The number of aliphatic imine (C=N–C) groups is 1. The fourth-order valence-electron chi connectivity index (χ4n) is 3.72. The Morgan fingerprint density at radius 2 is 2.04 bits per heavy atom. The predicted octanol–water partition coefficient (Wildman–Crippen LogP) is 1.43. The molecule has 0 aliphatic carbocycles. The second kappa shape index (κ2) is 7.74. The SMILES string of the molecule is CCNC(=NC[C@H]1CCCN1S(C)(=O)=O)N1CCc2ccccc2C1. The summed E-state index contributed by atoms with van der Waals surface area (Å²) in [5, 5.41) is 3.37. The second-order valence-electron chi connectivity index (χ2n) is 6.80. The van der Waals surface area contributed by atoms with Crippen LogP contribution in [0.2, 0.25) is 0 Å². The highest BCUT2D eigenvalue weighted by Crippen LogP contribution is 2.21. The largest absolute Gasteiger partial charge is 0.357 e. The van der Waals surface area contributed by atoms with Crippen molar-refractivity contribution in [2.45, 2.75) is 38.8 Å². The van der Waals surface area contributed by atoms with Crippen LogP contribution in [0.4, 0.5) is 0 Å². The highest BCUT2D eigenvalue weighted by molar-refractivity contribution is 7.88. The van der Waals surface area contributed by atoms with Gasteiger partial charge in [-0.25, -0.2) is 8.42 Å². The Labute approximate surface area is 151 Å². The third-order valence-electron chi connectivity index (χ3n) is 4.97. The van der Waals surface area contributed by atoms with Crippen LogP contribution in [0.1, 0.15) is 30.9 Å². The summed E-state index contributed by atoms with van der Waals surface area (Å²) in [5.74, 6) is 0.886. The van der Waals surface area contributed by atoms with Gasteiger partial charge in [-0.15, -0.1) is 0 Å². The van der Waals surface area contributed by atoms with E-state index in [0.717, 1.165) is 44.9 Å². The molecule has 1 N–H and O–H groups in total. The summed E-state index contributed by atoms with van der Waals surface area (Å²) in [6, 6.07) is 8.52. The zero-order chi connectivity index (χ0) is 17.9. The van der Waals surface area contributed by atoms with Crippen LogP contribution in [0.5, 0.6) is 0 Å². The zero-order valence-electron chi connectivity index (χ0n) is 15.1. The van der Waals surface area contributed by atoms with Gasteiger partial charge in [-0.3, -0.25) is 4.99 Å². The fourth-order valence-corrected chi connectivity index (χ4v) is 4.90. The molecule has 25 heavy (non-hydrogen) atoms. The maximum Gasteiger partial charge on any atom is 0.211 e. The van der Waals surface area contributed by atoms with Crippen molar-refractivity contribution in [1.29, 1.82) is 0 Å². The first-order chi connectivity index (χ1) is 12.0. The minimum absolute atomic E-state index is 0.0132. The lowest BCUT2D eigenvalue weighted by molar-refractivity contribution is 0.369. The van der Waals surface area contributed by atoms with Crippen molar-refractivity contribution in [3.63, 3.8) is 0 Å². The molecule has 2 heterocycles. The summed E-state index contributed by atoms with van der Waals surface area (Å²) >= 11 is 0. The summed E-state index contributed by atoms with van der Waals surface area (Å²) < 4.78 is 25.4. The first-order valence-corrected chi connectivity index (χ1v) is 10.9. The van der Waals surface area contributed by atoms with E-state index in [9.17, 15) is 8.42 Å². The van der Waals surface area contributed by atoms with Crippen LogP contribution in [0.25, 0.3) is 0 Å². The van der Waals surface area contributed by atoms with E-state index in [0.29, 0.717) is 13.1 Å². The quantitative estimate of drug-likeness (QED) is 0.648. The van der Waals surface area contributed by atoms with Gasteiger partial charge in [0, 0.05) is 32.2 Å². The highest BCUT2D eigenvalue weighted by Gasteiger charge is 2.31. The molecule has 0 spiro atoms. The number of hydrogen-bond acceptors (Lipinski definition) is 3. The monoisotopic (exact) mass is 364 g/mol. The van der Waals surface area contributed by atoms with Gasteiger partial charge >= 0.3 is 0 Å². The summed E-state index contributed by atoms with van der Waals surface area (Å²) in [7, 11) is -3.15. The van der Waals surface area contributed by atoms with Crippen molar-refractivity contribution in [3.05, 3.63) is 35.4 Å². The van der Waals surface area contributed by atoms with E-state index < -0.39 is 10.0 Å². The predicted molar refractivity (Wildman–Crippen MR) is 101 cm³/mol. The molecule has 7 heteroatoms. The van der Waals surface area contributed by atoms with E-state index in [2.05, 4.69) is 41.4 Å². The number of nitrogens with zero attached hydrogens (tertiary/aromatic N) is 3. The Morgan fingerprint density at radius 1 is 1.28 bits per heavy atom. The first kappa shape index (κ1) is 18.2. The minimum Gasteiger partial charge on any atom is -0.357 e. The molecule has 0 aromatic heterocycles.